The van der Waals surface area contributed by atoms with Crippen LogP contribution < -0.4 is 21.1 Å². The van der Waals surface area contributed by atoms with Gasteiger partial charge in [0.2, 0.25) is 0 Å². The minimum Gasteiger partial charge on any atom is -0.500 e. The van der Waals surface area contributed by atoms with Gasteiger partial charge in [-0.05, 0) is 151 Å². The summed E-state index contributed by atoms with van der Waals surface area (Å²) in [6.07, 6.45) is 1.82. The van der Waals surface area contributed by atoms with Gasteiger partial charge in [-0.3, -0.25) is 9.37 Å². The number of hydrogen-bond donors (Lipinski definition) is 0. The van der Waals surface area contributed by atoms with Crippen molar-refractivity contribution in [1.29, 1.82) is 0 Å². The van der Waals surface area contributed by atoms with Gasteiger partial charge in [0.15, 0.2) is 0 Å². The predicted molar refractivity (Wildman–Crippen MR) is 366 cm³/mol. The molecule has 447 valence electrons. The summed E-state index contributed by atoms with van der Waals surface area (Å²) in [6, 6.07) is 62.7. The quantitative estimate of drug-likeness (QED) is 0.123. The zero-order valence-corrected chi connectivity index (χ0v) is 56.0. The van der Waals surface area contributed by atoms with Crippen LogP contribution in [0.5, 0.6) is 11.5 Å². The third-order valence-corrected chi connectivity index (χ3v) is 18.5. The number of furan rings is 1. The van der Waals surface area contributed by atoms with Crippen LogP contribution in [-0.4, -0.2) is 25.8 Å². The molecule has 9 heteroatoms. The second kappa shape index (κ2) is 21.7. The summed E-state index contributed by atoms with van der Waals surface area (Å²) in [6.45, 7) is 34.0. The summed E-state index contributed by atoms with van der Waals surface area (Å²) < 4.78 is 32.2. The van der Waals surface area contributed by atoms with Crippen molar-refractivity contribution in [2.24, 2.45) is 0 Å². The van der Waals surface area contributed by atoms with Crippen LogP contribution in [0.15, 0.2) is 168 Å². The third kappa shape index (κ3) is 9.95. The number of fused-ring (bicyclic) bond motifs is 11. The number of imidazole rings is 1. The maximum absolute atomic E-state index is 12.7. The van der Waals surface area contributed by atoms with Crippen molar-refractivity contribution in [3.05, 3.63) is 221 Å². The third-order valence-electron chi connectivity index (χ3n) is 18.5. The molecule has 15 rings (SSSR count). The van der Waals surface area contributed by atoms with Gasteiger partial charge in [-0.2, -0.15) is 0 Å². The van der Waals surface area contributed by atoms with Gasteiger partial charge in [0.1, 0.15) is 17.1 Å². The summed E-state index contributed by atoms with van der Waals surface area (Å²) in [5.74, 6) is 2.92. The van der Waals surface area contributed by atoms with Crippen LogP contribution in [0.25, 0.3) is 99.9 Å². The van der Waals surface area contributed by atoms with Crippen LogP contribution in [0.2, 0.25) is 0 Å². The Kier molecular flexibility index (Phi) is 14.5. The number of halogens is 1. The van der Waals surface area contributed by atoms with Crippen molar-refractivity contribution < 1.29 is 33.6 Å². The molecule has 13 aromatic rings. The Hall–Kier alpha value is -8.36. The first-order chi connectivity index (χ1) is 41.9. The molecule has 2 aliphatic heterocycles. The van der Waals surface area contributed by atoms with E-state index in [2.05, 4.69) is 244 Å². The number of aromatic nitrogens is 4. The van der Waals surface area contributed by atoms with Gasteiger partial charge in [-0.1, -0.05) is 185 Å². The Morgan fingerprint density at radius 3 is 1.94 bits per heavy atom. The Balaban J connectivity index is 0.000000399. The molecule has 0 spiro atoms. The monoisotopic (exact) mass is 1350 g/mol. The van der Waals surface area contributed by atoms with Gasteiger partial charge in [-0.15, -0.1) is 48.0 Å². The number of benzene rings is 9. The minimum atomic E-state index is -0.275. The summed E-state index contributed by atoms with van der Waals surface area (Å²) in [5, 5.41) is 4.65. The van der Waals surface area contributed by atoms with Crippen molar-refractivity contribution in [1.82, 2.24) is 19.1 Å². The Bertz CT molecular complexity index is 4980. The molecule has 9 aromatic carbocycles. The molecule has 0 N–H and O–H groups in total. The first-order valence-corrected chi connectivity index (χ1v) is 31.1. The maximum atomic E-state index is 12.7. The molecule has 0 amide bonds. The van der Waals surface area contributed by atoms with E-state index >= 15 is 0 Å². The smallest absolute Gasteiger partial charge is 0.256 e. The molecule has 0 saturated carbocycles. The Morgan fingerprint density at radius 1 is 0.573 bits per heavy atom. The molecule has 0 fully saturated rings. The Labute approximate surface area is 536 Å². The van der Waals surface area contributed by atoms with Gasteiger partial charge < -0.3 is 23.3 Å². The summed E-state index contributed by atoms with van der Waals surface area (Å²) >= 11 is 0. The molecule has 0 atom stereocenters. The average molecular weight is 1350 g/mol. The normalized spacial score (nSPS) is 12.9. The van der Waals surface area contributed by atoms with E-state index < -0.39 is 0 Å². The molecule has 0 saturated heterocycles. The number of ether oxygens (including phenoxy) is 1. The topological polar surface area (TPSA) is 58.0 Å². The predicted octanol–water partition coefficient (Wildman–Crippen LogP) is 19.5. The van der Waals surface area contributed by atoms with Crippen molar-refractivity contribution in [3.63, 3.8) is 0 Å². The summed E-state index contributed by atoms with van der Waals surface area (Å²) in [7, 11) is 0. The Morgan fingerprint density at radius 2 is 1.25 bits per heavy atom. The molecule has 0 aliphatic carbocycles. The number of nitrogens with zero attached hydrogens (tertiary/aromatic N) is 4. The van der Waals surface area contributed by atoms with E-state index in [1.807, 2.05) is 32.2 Å². The van der Waals surface area contributed by atoms with Gasteiger partial charge >= 0.3 is 0 Å². The van der Waals surface area contributed by atoms with E-state index in [0.29, 0.717) is 11.8 Å². The molecule has 1 radical (unpaired) electrons. The van der Waals surface area contributed by atoms with E-state index in [1.54, 1.807) is 6.07 Å². The van der Waals surface area contributed by atoms with E-state index in [-0.39, 0.29) is 48.9 Å². The zero-order chi connectivity index (χ0) is 61.6. The van der Waals surface area contributed by atoms with Crippen molar-refractivity contribution in [2.45, 2.75) is 132 Å². The van der Waals surface area contributed by atoms with Crippen molar-refractivity contribution >= 4 is 77.9 Å². The molecule has 89 heavy (non-hydrogen) atoms. The zero-order valence-electron chi connectivity index (χ0n) is 53.6. The van der Waals surface area contributed by atoms with E-state index in [0.717, 1.165) is 89.5 Å². The van der Waals surface area contributed by atoms with Gasteiger partial charge in [0.05, 0.1) is 28.0 Å². The number of rotatable bonds is 6. The van der Waals surface area contributed by atoms with E-state index in [4.69, 9.17) is 14.1 Å². The van der Waals surface area contributed by atoms with Gasteiger partial charge in [-0.25, -0.2) is 0 Å². The first kappa shape index (κ1) is 59.6. The van der Waals surface area contributed by atoms with Crippen LogP contribution >= 0.6 is 0 Å². The SMILES string of the molecule is CC(C)c1cccc(C(C)C)c1-n1c(-c2[c-]ccc3c2oc2c(-c4cc5c6c(c4)-n4c7ccc(C(C)(C)C)cc7c7cc(C(C)(C)C)cc(c74)B6c4cc(C(C)(C)C)ccc4O5)cccc23)nc2ccccc21.Cc1cnc(-c2[c-]cc(F)cc2)cc1C.[Ir]. The number of para-hydroxylation sites is 4. The standard InChI is InChI=1S/C67H63BN3O2.C13H11FN.Ir/c1-37(2)43-19-16-20-44(38(3)4)60(43)71-55-26-15-14-25-53(55)69-64(71)48-24-18-23-47-46-22-17-21-45(62(46)73-63(47)48)39-31-56-59-58(32-39)72-57-30-28-41(66(8,9)10)35-51(57)68(59)52-36-42(67(11,12)13)34-50-49-33-40(65(5,6)7)27-29-54(49)70(56)61(50)52;1-9-7-13(15-8-10(9)2)11-3-5-12(14)6-4-11;/h14-23,25-38H,1-13H3;3,5-8H,1-2H3;/q2*-1;. The van der Waals surface area contributed by atoms with E-state index in [1.165, 1.54) is 89.4 Å². The minimum absolute atomic E-state index is 0. The average Bonchev–Trinajstić information content (AvgIpc) is 1.65. The van der Waals surface area contributed by atoms with Crippen molar-refractivity contribution in [2.75, 3.05) is 0 Å². The molecule has 6 nitrogen and oxygen atoms in total. The van der Waals surface area contributed by atoms with Gasteiger partial charge in [0.25, 0.3) is 6.71 Å². The first-order valence-electron chi connectivity index (χ1n) is 31.1. The molecule has 6 heterocycles. The maximum Gasteiger partial charge on any atom is 0.256 e. The van der Waals surface area contributed by atoms with Crippen LogP contribution in [0.1, 0.15) is 141 Å². The van der Waals surface area contributed by atoms with E-state index in [9.17, 15) is 4.39 Å². The fourth-order valence-corrected chi connectivity index (χ4v) is 13.5. The molecule has 0 bridgehead atoms. The van der Waals surface area contributed by atoms with Crippen molar-refractivity contribution in [3.8, 4) is 56.6 Å². The number of aryl methyl sites for hydroxylation is 2. The number of hydrogen-bond acceptors (Lipinski definition) is 4. The molecular weight excluding hydrogens is 1270 g/mol. The van der Waals surface area contributed by atoms with Crippen LogP contribution in [-0.2, 0) is 36.4 Å². The fraction of sp³-hybridized carbons (Fsp3) is 0.250. The van der Waals surface area contributed by atoms with Crippen LogP contribution in [0, 0.1) is 31.8 Å². The van der Waals surface area contributed by atoms with Gasteiger partial charge in [0, 0.05) is 70.7 Å². The largest absolute Gasteiger partial charge is 0.500 e. The fourth-order valence-electron chi connectivity index (χ4n) is 13.5. The molecule has 0 unspecified atom stereocenters. The van der Waals surface area contributed by atoms with Crippen LogP contribution in [0.3, 0.4) is 0 Å². The van der Waals surface area contributed by atoms with Crippen LogP contribution in [0.4, 0.5) is 4.39 Å². The summed E-state index contributed by atoms with van der Waals surface area (Å²) in [5.41, 5.74) is 25.4. The summed E-state index contributed by atoms with van der Waals surface area (Å²) in [4.78, 5) is 9.71. The number of pyridine rings is 1. The molecule has 2 aliphatic rings. The second-order valence-corrected chi connectivity index (χ2v) is 28.3. The second-order valence-electron chi connectivity index (χ2n) is 28.3. The molecule has 4 aromatic heterocycles. The molecular formula is C80H74BFIrN4O2-2.